The third kappa shape index (κ3) is 2.48. The lowest BCUT2D eigenvalue weighted by Crippen LogP contribution is -2.31. The molecule has 0 fully saturated rings. The Labute approximate surface area is 99.4 Å². The van der Waals surface area contributed by atoms with Gasteiger partial charge in [0.15, 0.2) is 5.82 Å². The Kier molecular flexibility index (Phi) is 3.17. The summed E-state index contributed by atoms with van der Waals surface area (Å²) in [5.41, 5.74) is 0.994. The van der Waals surface area contributed by atoms with Gasteiger partial charge in [-0.05, 0) is 19.3 Å². The SMILES string of the molecule is Cc1nc(C)nc(-c2ccccc2B(O)O)n1. The molecular weight excluding hydrogens is 217 g/mol. The van der Waals surface area contributed by atoms with Gasteiger partial charge in [-0.1, -0.05) is 24.3 Å². The number of benzene rings is 1. The first-order valence-electron chi connectivity index (χ1n) is 5.22. The highest BCUT2D eigenvalue weighted by Crippen LogP contribution is 2.12. The lowest BCUT2D eigenvalue weighted by molar-refractivity contribution is 0.426. The van der Waals surface area contributed by atoms with Crippen molar-refractivity contribution < 1.29 is 10.0 Å². The lowest BCUT2D eigenvalue weighted by Gasteiger charge is -2.08. The summed E-state index contributed by atoms with van der Waals surface area (Å²) in [6, 6.07) is 6.92. The highest BCUT2D eigenvalue weighted by molar-refractivity contribution is 6.60. The molecule has 1 aromatic carbocycles. The molecule has 2 N–H and O–H groups in total. The van der Waals surface area contributed by atoms with Crippen LogP contribution < -0.4 is 5.46 Å². The third-order valence-corrected chi connectivity index (χ3v) is 2.34. The van der Waals surface area contributed by atoms with Crippen molar-refractivity contribution >= 4 is 12.6 Å². The van der Waals surface area contributed by atoms with Crippen LogP contribution in [0.5, 0.6) is 0 Å². The van der Waals surface area contributed by atoms with Crippen LogP contribution in [0.4, 0.5) is 0 Å². The fourth-order valence-electron chi connectivity index (χ4n) is 1.66. The smallest absolute Gasteiger partial charge is 0.423 e. The second-order valence-electron chi connectivity index (χ2n) is 3.71. The first-order chi connectivity index (χ1) is 8.08. The molecule has 17 heavy (non-hydrogen) atoms. The van der Waals surface area contributed by atoms with Gasteiger partial charge in [-0.2, -0.15) is 0 Å². The number of hydrogen-bond acceptors (Lipinski definition) is 5. The van der Waals surface area contributed by atoms with Crippen LogP contribution in [0.2, 0.25) is 0 Å². The fourth-order valence-corrected chi connectivity index (χ4v) is 1.66. The molecular formula is C11H12BN3O2. The van der Waals surface area contributed by atoms with Crippen LogP contribution in [0, 0.1) is 13.8 Å². The normalized spacial score (nSPS) is 10.4. The average molecular weight is 229 g/mol. The molecule has 1 aromatic heterocycles. The van der Waals surface area contributed by atoms with Gasteiger partial charge in [0.25, 0.3) is 0 Å². The lowest BCUT2D eigenvalue weighted by atomic mass is 9.77. The van der Waals surface area contributed by atoms with E-state index in [4.69, 9.17) is 0 Å². The van der Waals surface area contributed by atoms with Gasteiger partial charge in [-0.15, -0.1) is 0 Å². The second kappa shape index (κ2) is 4.61. The summed E-state index contributed by atoms with van der Waals surface area (Å²) in [6.45, 7) is 3.55. The van der Waals surface area contributed by atoms with E-state index in [0.29, 0.717) is 28.5 Å². The molecule has 0 bridgehead atoms. The summed E-state index contributed by atoms with van der Waals surface area (Å²) >= 11 is 0. The van der Waals surface area contributed by atoms with Crippen LogP contribution in [0.15, 0.2) is 24.3 Å². The number of aromatic nitrogens is 3. The molecule has 2 rings (SSSR count). The van der Waals surface area contributed by atoms with Crippen molar-refractivity contribution in [3.63, 3.8) is 0 Å². The molecule has 0 saturated carbocycles. The van der Waals surface area contributed by atoms with Gasteiger partial charge in [0.05, 0.1) is 0 Å². The van der Waals surface area contributed by atoms with E-state index in [1.54, 1.807) is 38.1 Å². The maximum absolute atomic E-state index is 9.29. The van der Waals surface area contributed by atoms with E-state index in [-0.39, 0.29) is 0 Å². The van der Waals surface area contributed by atoms with Gasteiger partial charge in [-0.3, -0.25) is 0 Å². The van der Waals surface area contributed by atoms with E-state index in [9.17, 15) is 10.0 Å². The van der Waals surface area contributed by atoms with Gasteiger partial charge < -0.3 is 10.0 Å². The number of rotatable bonds is 2. The molecule has 0 saturated heterocycles. The van der Waals surface area contributed by atoms with Crippen molar-refractivity contribution in [1.29, 1.82) is 0 Å². The minimum atomic E-state index is -1.54. The van der Waals surface area contributed by atoms with E-state index < -0.39 is 7.12 Å². The van der Waals surface area contributed by atoms with Crippen molar-refractivity contribution in [3.8, 4) is 11.4 Å². The van der Waals surface area contributed by atoms with Gasteiger partial charge in [-0.25, -0.2) is 15.0 Å². The number of nitrogens with zero attached hydrogens (tertiary/aromatic N) is 3. The Morgan fingerprint density at radius 1 is 0.941 bits per heavy atom. The van der Waals surface area contributed by atoms with Gasteiger partial charge >= 0.3 is 7.12 Å². The van der Waals surface area contributed by atoms with Gasteiger partial charge in [0.1, 0.15) is 11.6 Å². The molecule has 5 nitrogen and oxygen atoms in total. The predicted molar refractivity (Wildman–Crippen MR) is 64.6 cm³/mol. The Morgan fingerprint density at radius 2 is 1.53 bits per heavy atom. The summed E-state index contributed by atoms with van der Waals surface area (Å²) in [6.07, 6.45) is 0. The van der Waals surface area contributed by atoms with Crippen LogP contribution in [0.1, 0.15) is 11.6 Å². The van der Waals surface area contributed by atoms with E-state index in [1.165, 1.54) is 0 Å². The zero-order valence-electron chi connectivity index (χ0n) is 9.62. The first-order valence-corrected chi connectivity index (χ1v) is 5.22. The monoisotopic (exact) mass is 229 g/mol. The van der Waals surface area contributed by atoms with Crippen molar-refractivity contribution in [2.45, 2.75) is 13.8 Å². The van der Waals surface area contributed by atoms with Crippen molar-refractivity contribution in [1.82, 2.24) is 15.0 Å². The zero-order chi connectivity index (χ0) is 12.4. The van der Waals surface area contributed by atoms with E-state index in [1.807, 2.05) is 0 Å². The molecule has 0 aliphatic carbocycles. The van der Waals surface area contributed by atoms with Crippen LogP contribution in [0.3, 0.4) is 0 Å². The van der Waals surface area contributed by atoms with Crippen LogP contribution in [-0.4, -0.2) is 32.1 Å². The summed E-state index contributed by atoms with van der Waals surface area (Å²) in [5, 5.41) is 18.6. The molecule has 0 spiro atoms. The summed E-state index contributed by atoms with van der Waals surface area (Å²) in [4.78, 5) is 12.5. The standard InChI is InChI=1S/C11H12BN3O2/c1-7-13-8(2)15-11(14-7)9-5-3-4-6-10(9)12(16)17/h3-6,16-17H,1-2H3. The molecule has 1 heterocycles. The highest BCUT2D eigenvalue weighted by atomic mass is 16.4. The minimum absolute atomic E-state index is 0.387. The molecule has 0 aliphatic rings. The molecule has 0 aliphatic heterocycles. The highest BCUT2D eigenvalue weighted by Gasteiger charge is 2.18. The average Bonchev–Trinajstić information content (AvgIpc) is 2.27. The van der Waals surface area contributed by atoms with E-state index in [2.05, 4.69) is 15.0 Å². The molecule has 2 aromatic rings. The largest absolute Gasteiger partial charge is 0.489 e. The summed E-state index contributed by atoms with van der Waals surface area (Å²) in [7, 11) is -1.54. The molecule has 0 radical (unpaired) electrons. The second-order valence-corrected chi connectivity index (χ2v) is 3.71. The fraction of sp³-hybridized carbons (Fsp3) is 0.182. The Hall–Kier alpha value is -1.79. The molecule has 0 unspecified atom stereocenters. The summed E-state index contributed by atoms with van der Waals surface area (Å²) < 4.78 is 0. The maximum Gasteiger partial charge on any atom is 0.489 e. The quantitative estimate of drug-likeness (QED) is 0.699. The number of hydrogen-bond donors (Lipinski definition) is 2. The van der Waals surface area contributed by atoms with Crippen LogP contribution in [-0.2, 0) is 0 Å². The van der Waals surface area contributed by atoms with Gasteiger partial charge in [0, 0.05) is 5.56 Å². The Bertz CT molecular complexity index is 526. The maximum atomic E-state index is 9.29. The van der Waals surface area contributed by atoms with Crippen molar-refractivity contribution in [3.05, 3.63) is 35.9 Å². The molecule has 86 valence electrons. The van der Waals surface area contributed by atoms with Gasteiger partial charge in [0.2, 0.25) is 0 Å². The number of aryl methyl sites for hydroxylation is 2. The summed E-state index contributed by atoms with van der Waals surface area (Å²) in [5.74, 6) is 1.67. The van der Waals surface area contributed by atoms with E-state index >= 15 is 0 Å². The van der Waals surface area contributed by atoms with Crippen molar-refractivity contribution in [2.24, 2.45) is 0 Å². The first kappa shape index (κ1) is 11.7. The zero-order valence-corrected chi connectivity index (χ0v) is 9.62. The minimum Gasteiger partial charge on any atom is -0.423 e. The predicted octanol–water partition coefficient (Wildman–Crippen LogP) is -0.165. The molecule has 0 amide bonds. The Balaban J connectivity index is 2.60. The topological polar surface area (TPSA) is 79.1 Å². The Morgan fingerprint density at radius 3 is 2.12 bits per heavy atom. The third-order valence-electron chi connectivity index (χ3n) is 2.34. The van der Waals surface area contributed by atoms with E-state index in [0.717, 1.165) is 0 Å². The molecule has 0 atom stereocenters. The molecule has 6 heteroatoms. The van der Waals surface area contributed by atoms with Crippen molar-refractivity contribution in [2.75, 3.05) is 0 Å². The van der Waals surface area contributed by atoms with Crippen LogP contribution >= 0.6 is 0 Å². The van der Waals surface area contributed by atoms with Crippen LogP contribution in [0.25, 0.3) is 11.4 Å².